The molecule has 0 saturated carbocycles. The minimum atomic E-state index is -2.03. The Morgan fingerprint density at radius 3 is 1.26 bits per heavy atom. The molecule has 0 aromatic rings. The van der Waals surface area contributed by atoms with Crippen molar-refractivity contribution in [2.45, 2.75) is 65.7 Å². The second-order valence-corrected chi connectivity index (χ2v) is 21.6. The molecule has 0 spiro atoms. The van der Waals surface area contributed by atoms with E-state index in [4.69, 9.17) is 17.7 Å². The normalized spacial score (nSPS) is 15.7. The minimum absolute atomic E-state index is 0.776. The van der Waals surface area contributed by atoms with Crippen LogP contribution < -0.4 is 0 Å². The minimum Gasteiger partial charge on any atom is -0.398 e. The number of likely N-dealkylation sites (N-methyl/N-ethyl adjacent to an activating group) is 2. The van der Waals surface area contributed by atoms with Crippen LogP contribution in [0.2, 0.25) is 25.2 Å². The fraction of sp³-hybridized carbons (Fsp3) is 1.00. The summed E-state index contributed by atoms with van der Waals surface area (Å²) >= 11 is 0. The number of nitrogens with zero attached hydrogens (tertiary/aromatic N) is 2. The first-order chi connectivity index (χ1) is 16.3. The Bertz CT molecular complexity index is 433. The zero-order valence-electron chi connectivity index (χ0n) is 23.1. The van der Waals surface area contributed by atoms with Crippen LogP contribution in [-0.2, 0) is 17.7 Å². The highest BCUT2D eigenvalue weighted by Gasteiger charge is 2.30. The standard InChI is InChI=1S/C22H52N2O4S4Si2/c1-9-23(10-2)15-17-27-33(7,25-5)21-13-19-29-31-32-30-20-14-22-34(8,26-6)28-18-16-24(11-3)12-4/h9-22H2,1-8H3. The summed E-state index contributed by atoms with van der Waals surface area (Å²) in [5.41, 5.74) is 0. The van der Waals surface area contributed by atoms with Gasteiger partial charge in [0.15, 0.2) is 0 Å². The zero-order valence-corrected chi connectivity index (χ0v) is 28.3. The Labute approximate surface area is 228 Å². The van der Waals surface area contributed by atoms with Gasteiger partial charge in [-0.15, -0.1) is 0 Å². The first kappa shape index (κ1) is 35.6. The maximum atomic E-state index is 6.20. The lowest BCUT2D eigenvalue weighted by Gasteiger charge is -2.27. The molecule has 0 aromatic carbocycles. The van der Waals surface area contributed by atoms with E-state index in [1.165, 1.54) is 0 Å². The van der Waals surface area contributed by atoms with Crippen LogP contribution >= 0.6 is 41.2 Å². The molecule has 206 valence electrons. The van der Waals surface area contributed by atoms with Crippen molar-refractivity contribution in [3.05, 3.63) is 0 Å². The Morgan fingerprint density at radius 2 is 0.971 bits per heavy atom. The predicted octanol–water partition coefficient (Wildman–Crippen LogP) is 6.60. The fourth-order valence-electron chi connectivity index (χ4n) is 3.34. The Kier molecular flexibility index (Phi) is 23.6. The van der Waals surface area contributed by atoms with Crippen molar-refractivity contribution in [2.75, 3.05) is 78.2 Å². The molecular weight excluding hydrogens is 541 g/mol. The molecule has 6 nitrogen and oxygen atoms in total. The molecule has 0 heterocycles. The SMILES string of the molecule is CCN(CC)CCO[Si](C)(CCCSSSSCCC[Si](C)(OC)OCCN(CC)CC)OC. The Hall–Kier alpha value is 1.59. The van der Waals surface area contributed by atoms with Gasteiger partial charge in [0.2, 0.25) is 0 Å². The van der Waals surface area contributed by atoms with Crippen LogP contribution in [0.3, 0.4) is 0 Å². The molecule has 0 fully saturated rings. The predicted molar refractivity (Wildman–Crippen MR) is 164 cm³/mol. The van der Waals surface area contributed by atoms with E-state index in [1.54, 1.807) is 0 Å². The monoisotopic (exact) mass is 592 g/mol. The van der Waals surface area contributed by atoms with E-state index in [1.807, 2.05) is 55.5 Å². The van der Waals surface area contributed by atoms with E-state index in [2.05, 4.69) is 50.6 Å². The third kappa shape index (κ3) is 17.9. The van der Waals surface area contributed by atoms with Crippen molar-refractivity contribution >= 4 is 58.4 Å². The summed E-state index contributed by atoms with van der Waals surface area (Å²) in [5.74, 6) is 2.28. The molecule has 0 N–H and O–H groups in total. The van der Waals surface area contributed by atoms with Crippen LogP contribution in [0.1, 0.15) is 40.5 Å². The van der Waals surface area contributed by atoms with E-state index in [0.29, 0.717) is 0 Å². The Balaban J connectivity index is 3.82. The maximum absolute atomic E-state index is 6.20. The molecule has 0 aliphatic rings. The molecule has 0 amide bonds. The molecule has 12 heteroatoms. The Morgan fingerprint density at radius 1 is 0.618 bits per heavy atom. The lowest BCUT2D eigenvalue weighted by Crippen LogP contribution is -2.40. The average Bonchev–Trinajstić information content (AvgIpc) is 2.85. The topological polar surface area (TPSA) is 43.4 Å². The van der Waals surface area contributed by atoms with Gasteiger partial charge in [-0.1, -0.05) is 49.3 Å². The van der Waals surface area contributed by atoms with Gasteiger partial charge >= 0.3 is 17.1 Å². The van der Waals surface area contributed by atoms with E-state index in [-0.39, 0.29) is 0 Å². The van der Waals surface area contributed by atoms with Gasteiger partial charge in [0.1, 0.15) is 0 Å². The highest BCUT2D eigenvalue weighted by molar-refractivity contribution is 9.26. The van der Waals surface area contributed by atoms with E-state index < -0.39 is 17.1 Å². The van der Waals surface area contributed by atoms with Crippen molar-refractivity contribution in [1.29, 1.82) is 0 Å². The van der Waals surface area contributed by atoms with E-state index >= 15 is 0 Å². The van der Waals surface area contributed by atoms with Crippen LogP contribution in [0.25, 0.3) is 0 Å². The summed E-state index contributed by atoms with van der Waals surface area (Å²) in [7, 11) is 7.23. The third-order valence-corrected chi connectivity index (χ3v) is 18.6. The van der Waals surface area contributed by atoms with Crippen molar-refractivity contribution < 1.29 is 17.7 Å². The molecule has 0 aliphatic heterocycles. The second kappa shape index (κ2) is 22.6. The van der Waals surface area contributed by atoms with Crippen LogP contribution in [0.5, 0.6) is 0 Å². The highest BCUT2D eigenvalue weighted by Crippen LogP contribution is 2.43. The van der Waals surface area contributed by atoms with Crippen molar-refractivity contribution in [2.24, 2.45) is 0 Å². The van der Waals surface area contributed by atoms with Gasteiger partial charge in [0, 0.05) is 52.0 Å². The molecule has 0 aliphatic carbocycles. The molecule has 2 atom stereocenters. The van der Waals surface area contributed by atoms with Gasteiger partial charge in [-0.2, -0.15) is 0 Å². The van der Waals surface area contributed by atoms with E-state index in [0.717, 1.165) is 88.9 Å². The first-order valence-electron chi connectivity index (χ1n) is 12.7. The van der Waals surface area contributed by atoms with Crippen LogP contribution in [0, 0.1) is 0 Å². The van der Waals surface area contributed by atoms with Crippen LogP contribution in [-0.4, -0.2) is 105 Å². The number of hydrogen-bond donors (Lipinski definition) is 0. The second-order valence-electron chi connectivity index (χ2n) is 8.41. The summed E-state index contributed by atoms with van der Waals surface area (Å²) in [5, 5.41) is 0. The number of hydrogen-bond acceptors (Lipinski definition) is 10. The highest BCUT2D eigenvalue weighted by atomic mass is 33.7. The molecule has 0 radical (unpaired) electrons. The summed E-state index contributed by atoms with van der Waals surface area (Å²) in [6, 6.07) is 2.11. The summed E-state index contributed by atoms with van der Waals surface area (Å²) in [6.07, 6.45) is 2.29. The first-order valence-corrected chi connectivity index (χ1v) is 22.9. The largest absolute Gasteiger partial charge is 0.398 e. The van der Waals surface area contributed by atoms with Gasteiger partial charge < -0.3 is 27.5 Å². The smallest absolute Gasteiger partial charge is 0.334 e. The van der Waals surface area contributed by atoms with Gasteiger partial charge in [0.05, 0.1) is 0 Å². The molecule has 2 unspecified atom stereocenters. The zero-order chi connectivity index (χ0) is 25.7. The average molecular weight is 593 g/mol. The lowest BCUT2D eigenvalue weighted by molar-refractivity contribution is 0.168. The van der Waals surface area contributed by atoms with Gasteiger partial charge in [-0.25, -0.2) is 0 Å². The molecule has 0 saturated heterocycles. The summed E-state index contributed by atoms with van der Waals surface area (Å²) in [6.45, 7) is 21.0. The third-order valence-electron chi connectivity index (χ3n) is 6.12. The van der Waals surface area contributed by atoms with Crippen molar-refractivity contribution in [3.63, 3.8) is 0 Å². The quantitative estimate of drug-likeness (QED) is 0.0658. The van der Waals surface area contributed by atoms with Crippen LogP contribution in [0.4, 0.5) is 0 Å². The maximum Gasteiger partial charge on any atom is 0.334 e. The van der Waals surface area contributed by atoms with Crippen molar-refractivity contribution in [3.8, 4) is 0 Å². The molecular formula is C22H52N2O4S4Si2. The molecule has 34 heavy (non-hydrogen) atoms. The summed E-state index contributed by atoms with van der Waals surface area (Å²) in [4.78, 5) is 4.79. The molecule has 0 aromatic heterocycles. The van der Waals surface area contributed by atoms with Gasteiger partial charge in [-0.3, -0.25) is 0 Å². The lowest BCUT2D eigenvalue weighted by atomic mass is 10.5. The van der Waals surface area contributed by atoms with Crippen LogP contribution in [0.15, 0.2) is 0 Å². The van der Waals surface area contributed by atoms with Crippen molar-refractivity contribution in [1.82, 2.24) is 9.80 Å². The summed E-state index contributed by atoms with van der Waals surface area (Å²) < 4.78 is 24.0. The molecule has 0 bridgehead atoms. The fourth-order valence-corrected chi connectivity index (χ4v) is 13.6. The molecule has 0 rings (SSSR count). The van der Waals surface area contributed by atoms with E-state index in [9.17, 15) is 0 Å². The van der Waals surface area contributed by atoms with Gasteiger partial charge in [0.25, 0.3) is 0 Å². The number of rotatable bonds is 25. The van der Waals surface area contributed by atoms with Gasteiger partial charge in [-0.05, 0) is 83.9 Å².